The summed E-state index contributed by atoms with van der Waals surface area (Å²) in [4.78, 5) is 4.19. The average molecular weight is 262 g/mol. The Morgan fingerprint density at radius 3 is 2.72 bits per heavy atom. The number of nitrogens with zero attached hydrogens (tertiary/aromatic N) is 2. The number of hydrogen-bond acceptors (Lipinski definition) is 2. The second kappa shape index (κ2) is 3.99. The maximum absolute atomic E-state index is 13.8. The van der Waals surface area contributed by atoms with E-state index in [1.807, 2.05) is 0 Å². The van der Waals surface area contributed by atoms with E-state index in [4.69, 9.17) is 17.3 Å². The molecule has 0 saturated carbocycles. The number of aromatic nitrogens is 2. The van der Waals surface area contributed by atoms with Gasteiger partial charge in [-0.25, -0.2) is 9.37 Å². The van der Waals surface area contributed by atoms with Gasteiger partial charge in [0, 0.05) is 11.9 Å². The first kappa shape index (κ1) is 11.0. The smallest absolute Gasteiger partial charge is 0.155 e. The van der Waals surface area contributed by atoms with E-state index < -0.39 is 0 Å². The van der Waals surface area contributed by atoms with E-state index in [0.29, 0.717) is 27.7 Å². The third kappa shape index (κ3) is 1.62. The van der Waals surface area contributed by atoms with Crippen molar-refractivity contribution in [2.45, 2.75) is 0 Å². The highest BCUT2D eigenvalue weighted by atomic mass is 35.5. The standard InChI is InChI=1S/C13H9ClFN3/c14-12-11-6-5-8(16)7-18(11)13(17-12)9-3-1-2-4-10(9)15/h1-7H,16H2. The van der Waals surface area contributed by atoms with Crippen molar-refractivity contribution in [1.29, 1.82) is 0 Å². The van der Waals surface area contributed by atoms with E-state index in [1.54, 1.807) is 40.9 Å². The summed E-state index contributed by atoms with van der Waals surface area (Å²) in [6.45, 7) is 0. The van der Waals surface area contributed by atoms with Gasteiger partial charge in [0.25, 0.3) is 0 Å². The SMILES string of the molecule is Nc1ccc2c(Cl)nc(-c3ccccc3F)n2c1. The van der Waals surface area contributed by atoms with Gasteiger partial charge in [0.2, 0.25) is 0 Å². The summed E-state index contributed by atoms with van der Waals surface area (Å²) in [7, 11) is 0. The van der Waals surface area contributed by atoms with Crippen LogP contribution < -0.4 is 5.73 Å². The predicted octanol–water partition coefficient (Wildman–Crippen LogP) is 3.38. The van der Waals surface area contributed by atoms with E-state index in [2.05, 4.69) is 4.98 Å². The van der Waals surface area contributed by atoms with Crippen LogP contribution in [0.15, 0.2) is 42.6 Å². The molecule has 5 heteroatoms. The number of halogens is 2. The summed E-state index contributed by atoms with van der Waals surface area (Å²) in [6.07, 6.45) is 1.68. The van der Waals surface area contributed by atoms with Gasteiger partial charge in [-0.05, 0) is 24.3 Å². The van der Waals surface area contributed by atoms with Crippen molar-refractivity contribution in [3.63, 3.8) is 0 Å². The Morgan fingerprint density at radius 1 is 1.17 bits per heavy atom. The van der Waals surface area contributed by atoms with Gasteiger partial charge in [-0.2, -0.15) is 0 Å². The largest absolute Gasteiger partial charge is 0.398 e. The molecule has 2 aromatic heterocycles. The lowest BCUT2D eigenvalue weighted by Crippen LogP contribution is -1.94. The van der Waals surface area contributed by atoms with E-state index >= 15 is 0 Å². The predicted molar refractivity (Wildman–Crippen MR) is 70.0 cm³/mol. The molecule has 0 saturated heterocycles. The number of anilines is 1. The molecule has 0 radical (unpaired) electrons. The molecule has 0 unspecified atom stereocenters. The van der Waals surface area contributed by atoms with Crippen molar-refractivity contribution in [3.05, 3.63) is 53.6 Å². The summed E-state index contributed by atoms with van der Waals surface area (Å²) in [6, 6.07) is 9.91. The van der Waals surface area contributed by atoms with E-state index in [-0.39, 0.29) is 5.82 Å². The van der Waals surface area contributed by atoms with Gasteiger partial charge >= 0.3 is 0 Å². The molecular weight excluding hydrogens is 253 g/mol. The van der Waals surface area contributed by atoms with Crippen molar-refractivity contribution in [2.75, 3.05) is 5.73 Å². The molecule has 0 aliphatic heterocycles. The number of benzene rings is 1. The Bertz CT molecular complexity index is 736. The maximum Gasteiger partial charge on any atom is 0.155 e. The zero-order chi connectivity index (χ0) is 12.7. The van der Waals surface area contributed by atoms with Gasteiger partial charge in [-0.3, -0.25) is 4.40 Å². The molecule has 3 rings (SSSR count). The van der Waals surface area contributed by atoms with Crippen LogP contribution in [0.3, 0.4) is 0 Å². The number of nitrogen functional groups attached to an aromatic ring is 1. The number of pyridine rings is 1. The monoisotopic (exact) mass is 261 g/mol. The van der Waals surface area contributed by atoms with E-state index in [9.17, 15) is 4.39 Å². The van der Waals surface area contributed by atoms with Crippen LogP contribution in [0, 0.1) is 5.82 Å². The summed E-state index contributed by atoms with van der Waals surface area (Å²) in [5.41, 5.74) is 7.39. The second-order valence-corrected chi connectivity index (χ2v) is 4.28. The molecular formula is C13H9ClFN3. The summed E-state index contributed by atoms with van der Waals surface area (Å²) >= 11 is 6.04. The molecule has 0 atom stereocenters. The van der Waals surface area contributed by atoms with Gasteiger partial charge < -0.3 is 5.73 Å². The fourth-order valence-electron chi connectivity index (χ4n) is 1.90. The first-order valence-corrected chi connectivity index (χ1v) is 5.72. The molecule has 0 fully saturated rings. The number of rotatable bonds is 1. The highest BCUT2D eigenvalue weighted by molar-refractivity contribution is 6.32. The van der Waals surface area contributed by atoms with Gasteiger partial charge in [-0.15, -0.1) is 0 Å². The summed E-state index contributed by atoms with van der Waals surface area (Å²) < 4.78 is 15.5. The maximum atomic E-state index is 13.8. The van der Waals surface area contributed by atoms with Gasteiger partial charge in [0.15, 0.2) is 5.15 Å². The molecule has 0 spiro atoms. The molecule has 1 aromatic carbocycles. The molecule has 3 aromatic rings. The van der Waals surface area contributed by atoms with E-state index in [0.717, 1.165) is 0 Å². The van der Waals surface area contributed by atoms with Crippen molar-refractivity contribution in [2.24, 2.45) is 0 Å². The molecule has 0 bridgehead atoms. The van der Waals surface area contributed by atoms with Crippen LogP contribution in [-0.4, -0.2) is 9.38 Å². The molecule has 2 heterocycles. The van der Waals surface area contributed by atoms with Crippen LogP contribution in [-0.2, 0) is 0 Å². The first-order valence-electron chi connectivity index (χ1n) is 5.35. The Labute approximate surface area is 108 Å². The zero-order valence-electron chi connectivity index (χ0n) is 9.27. The third-order valence-corrected chi connectivity index (χ3v) is 3.01. The second-order valence-electron chi connectivity index (χ2n) is 3.92. The average Bonchev–Trinajstić information content (AvgIpc) is 2.67. The van der Waals surface area contributed by atoms with Crippen LogP contribution in [0.4, 0.5) is 10.1 Å². The Kier molecular flexibility index (Phi) is 2.45. The Hall–Kier alpha value is -2.07. The van der Waals surface area contributed by atoms with Crippen molar-refractivity contribution >= 4 is 22.8 Å². The molecule has 0 aliphatic carbocycles. The molecule has 0 aliphatic rings. The molecule has 0 amide bonds. The van der Waals surface area contributed by atoms with Gasteiger partial charge in [0.05, 0.1) is 11.1 Å². The van der Waals surface area contributed by atoms with Crippen LogP contribution in [0.1, 0.15) is 0 Å². The molecule has 90 valence electrons. The van der Waals surface area contributed by atoms with Crippen LogP contribution in [0.2, 0.25) is 5.15 Å². The lowest BCUT2D eigenvalue weighted by Gasteiger charge is -2.03. The van der Waals surface area contributed by atoms with Crippen LogP contribution >= 0.6 is 11.6 Å². The number of nitrogens with two attached hydrogens (primary N) is 1. The van der Waals surface area contributed by atoms with Crippen LogP contribution in [0.5, 0.6) is 0 Å². The quantitative estimate of drug-likeness (QED) is 0.730. The third-order valence-electron chi connectivity index (χ3n) is 2.73. The molecule has 3 nitrogen and oxygen atoms in total. The lowest BCUT2D eigenvalue weighted by atomic mass is 10.2. The van der Waals surface area contributed by atoms with Crippen LogP contribution in [0.25, 0.3) is 16.9 Å². The first-order chi connectivity index (χ1) is 8.66. The minimum Gasteiger partial charge on any atom is -0.398 e. The Morgan fingerprint density at radius 2 is 1.94 bits per heavy atom. The lowest BCUT2D eigenvalue weighted by molar-refractivity contribution is 0.630. The number of imidazole rings is 1. The summed E-state index contributed by atoms with van der Waals surface area (Å²) in [5.74, 6) is 0.101. The summed E-state index contributed by atoms with van der Waals surface area (Å²) in [5, 5.41) is 0.327. The minimum atomic E-state index is -0.344. The Balaban J connectivity index is 2.36. The zero-order valence-corrected chi connectivity index (χ0v) is 10.0. The van der Waals surface area contributed by atoms with Crippen molar-refractivity contribution in [1.82, 2.24) is 9.38 Å². The highest BCUT2D eigenvalue weighted by Gasteiger charge is 2.14. The molecule has 18 heavy (non-hydrogen) atoms. The fourth-order valence-corrected chi connectivity index (χ4v) is 2.13. The van der Waals surface area contributed by atoms with Crippen molar-refractivity contribution in [3.8, 4) is 11.4 Å². The fraction of sp³-hybridized carbons (Fsp3) is 0. The normalized spacial score (nSPS) is 11.0. The number of fused-ring (bicyclic) bond motifs is 1. The number of hydrogen-bond donors (Lipinski definition) is 1. The highest BCUT2D eigenvalue weighted by Crippen LogP contribution is 2.28. The van der Waals surface area contributed by atoms with Gasteiger partial charge in [0.1, 0.15) is 11.6 Å². The van der Waals surface area contributed by atoms with Crippen molar-refractivity contribution < 1.29 is 4.39 Å². The topological polar surface area (TPSA) is 43.3 Å². The molecule has 2 N–H and O–H groups in total. The van der Waals surface area contributed by atoms with E-state index in [1.165, 1.54) is 6.07 Å². The minimum absolute atomic E-state index is 0.327. The van der Waals surface area contributed by atoms with Gasteiger partial charge in [-0.1, -0.05) is 23.7 Å².